The topological polar surface area (TPSA) is 73.3 Å². The molecule has 3 aromatic heterocycles. The van der Waals surface area contributed by atoms with Crippen LogP contribution >= 0.6 is 23.1 Å². The summed E-state index contributed by atoms with van der Waals surface area (Å²) in [6, 6.07) is 1.61. The van der Waals surface area contributed by atoms with Crippen LogP contribution < -0.4 is 5.56 Å². The molecule has 23 heavy (non-hydrogen) atoms. The molecule has 6 nitrogen and oxygen atoms in total. The fraction of sp³-hybridized carbons (Fsp3) is 0.467. The highest BCUT2D eigenvalue weighted by Gasteiger charge is 2.29. The van der Waals surface area contributed by atoms with E-state index in [-0.39, 0.29) is 10.8 Å². The summed E-state index contributed by atoms with van der Waals surface area (Å²) in [5.74, 6) is 2.63. The maximum Gasteiger partial charge on any atom is 0.258 e. The first-order chi connectivity index (χ1) is 11.1. The second-order valence-corrected chi connectivity index (χ2v) is 7.96. The fourth-order valence-electron chi connectivity index (χ4n) is 2.38. The molecule has 1 saturated carbocycles. The van der Waals surface area contributed by atoms with E-state index in [4.69, 9.17) is 4.52 Å². The lowest BCUT2D eigenvalue weighted by molar-refractivity contribution is 0.375. The van der Waals surface area contributed by atoms with Crippen molar-refractivity contribution in [2.24, 2.45) is 0 Å². The van der Waals surface area contributed by atoms with Crippen molar-refractivity contribution >= 4 is 28.1 Å². The lowest BCUT2D eigenvalue weighted by Gasteiger charge is -2.06. The standard InChI is InChI=1S/C15H16N4O2S2/c1-8-6-23-15-16-11(5-12(20)19(8)15)7-22-9(2)14-17-13(18-21-14)10-3-4-10/h5-6,9-10H,3-4,7H2,1-2H3. The molecule has 1 unspecified atom stereocenters. The smallest absolute Gasteiger partial charge is 0.258 e. The van der Waals surface area contributed by atoms with Gasteiger partial charge in [0.25, 0.3) is 5.56 Å². The van der Waals surface area contributed by atoms with Gasteiger partial charge in [-0.15, -0.1) is 23.1 Å². The van der Waals surface area contributed by atoms with Crippen LogP contribution in [-0.4, -0.2) is 19.5 Å². The van der Waals surface area contributed by atoms with Crippen molar-refractivity contribution in [1.82, 2.24) is 19.5 Å². The van der Waals surface area contributed by atoms with Gasteiger partial charge in [0.1, 0.15) is 0 Å². The van der Waals surface area contributed by atoms with Gasteiger partial charge in [0, 0.05) is 28.8 Å². The molecular formula is C15H16N4O2S2. The van der Waals surface area contributed by atoms with Gasteiger partial charge in [-0.25, -0.2) is 4.98 Å². The van der Waals surface area contributed by atoms with E-state index in [1.807, 2.05) is 19.2 Å². The van der Waals surface area contributed by atoms with E-state index >= 15 is 0 Å². The Kier molecular flexibility index (Phi) is 3.73. The van der Waals surface area contributed by atoms with E-state index in [1.54, 1.807) is 22.2 Å². The Morgan fingerprint density at radius 1 is 1.48 bits per heavy atom. The number of hydrogen-bond donors (Lipinski definition) is 0. The first-order valence-corrected chi connectivity index (χ1v) is 9.46. The minimum Gasteiger partial charge on any atom is -0.338 e. The number of aryl methyl sites for hydroxylation is 1. The molecule has 1 atom stereocenters. The van der Waals surface area contributed by atoms with E-state index in [0.29, 0.717) is 17.6 Å². The third-order valence-corrected chi connectivity index (χ3v) is 5.97. The molecular weight excluding hydrogens is 332 g/mol. The maximum atomic E-state index is 12.2. The van der Waals surface area contributed by atoms with Crippen LogP contribution in [0.4, 0.5) is 0 Å². The fourth-order valence-corrected chi connectivity index (χ4v) is 4.07. The highest BCUT2D eigenvalue weighted by Crippen LogP contribution is 2.39. The van der Waals surface area contributed by atoms with Crippen molar-refractivity contribution in [1.29, 1.82) is 0 Å². The molecule has 4 rings (SSSR count). The van der Waals surface area contributed by atoms with Crippen LogP contribution in [0.3, 0.4) is 0 Å². The van der Waals surface area contributed by atoms with Crippen LogP contribution in [0.25, 0.3) is 4.96 Å². The van der Waals surface area contributed by atoms with E-state index in [2.05, 4.69) is 15.1 Å². The Bertz CT molecular complexity index is 910. The summed E-state index contributed by atoms with van der Waals surface area (Å²) in [5, 5.41) is 6.07. The SMILES string of the molecule is Cc1csc2nc(CSC(C)c3nc(C4CC4)no3)cc(=O)n12. The van der Waals surface area contributed by atoms with Crippen molar-refractivity contribution in [2.75, 3.05) is 0 Å². The molecule has 0 aromatic carbocycles. The Labute approximate surface area is 140 Å². The van der Waals surface area contributed by atoms with Gasteiger partial charge in [-0.3, -0.25) is 9.20 Å². The average Bonchev–Trinajstić information content (AvgIpc) is 3.14. The van der Waals surface area contributed by atoms with E-state index in [1.165, 1.54) is 11.3 Å². The number of nitrogens with zero attached hydrogens (tertiary/aromatic N) is 4. The third-order valence-electron chi connectivity index (χ3n) is 3.86. The lowest BCUT2D eigenvalue weighted by Crippen LogP contribution is -2.14. The zero-order valence-corrected chi connectivity index (χ0v) is 14.5. The number of thioether (sulfide) groups is 1. The molecule has 0 spiro atoms. The molecule has 0 bridgehead atoms. The first-order valence-electron chi connectivity index (χ1n) is 7.53. The van der Waals surface area contributed by atoms with E-state index in [9.17, 15) is 4.79 Å². The average molecular weight is 348 g/mol. The highest BCUT2D eigenvalue weighted by atomic mass is 32.2. The van der Waals surface area contributed by atoms with E-state index < -0.39 is 0 Å². The molecule has 0 aliphatic heterocycles. The van der Waals surface area contributed by atoms with Crippen LogP contribution in [-0.2, 0) is 5.75 Å². The minimum atomic E-state index is -0.0224. The number of thiazole rings is 1. The van der Waals surface area contributed by atoms with Gasteiger partial charge in [0.05, 0.1) is 10.9 Å². The number of fused-ring (bicyclic) bond motifs is 1. The molecule has 1 aliphatic rings. The third kappa shape index (κ3) is 2.92. The second-order valence-electron chi connectivity index (χ2n) is 5.80. The van der Waals surface area contributed by atoms with Crippen LogP contribution in [0.5, 0.6) is 0 Å². The van der Waals surface area contributed by atoms with Crippen molar-refractivity contribution in [3.8, 4) is 0 Å². The number of hydrogen-bond acceptors (Lipinski definition) is 7. The predicted molar refractivity (Wildman–Crippen MR) is 90.1 cm³/mol. The minimum absolute atomic E-state index is 0.0224. The molecule has 1 fully saturated rings. The van der Waals surface area contributed by atoms with E-state index in [0.717, 1.165) is 35.0 Å². The lowest BCUT2D eigenvalue weighted by atomic mass is 10.4. The second kappa shape index (κ2) is 5.76. The Morgan fingerprint density at radius 3 is 3.09 bits per heavy atom. The largest absolute Gasteiger partial charge is 0.338 e. The van der Waals surface area contributed by atoms with Gasteiger partial charge in [0.15, 0.2) is 10.8 Å². The summed E-state index contributed by atoms with van der Waals surface area (Å²) in [7, 11) is 0. The van der Waals surface area contributed by atoms with Crippen molar-refractivity contribution in [3.63, 3.8) is 0 Å². The van der Waals surface area contributed by atoms with Gasteiger partial charge in [-0.1, -0.05) is 5.16 Å². The predicted octanol–water partition coefficient (Wildman–Crippen LogP) is 3.32. The van der Waals surface area contributed by atoms with Gasteiger partial charge >= 0.3 is 0 Å². The molecule has 0 N–H and O–H groups in total. The molecule has 1 aliphatic carbocycles. The van der Waals surface area contributed by atoms with Crippen LogP contribution in [0, 0.1) is 6.92 Å². The van der Waals surface area contributed by atoms with Crippen LogP contribution in [0.15, 0.2) is 20.8 Å². The first kappa shape index (κ1) is 14.9. The van der Waals surface area contributed by atoms with Crippen molar-refractivity contribution in [2.45, 2.75) is 43.6 Å². The van der Waals surface area contributed by atoms with Gasteiger partial charge in [-0.2, -0.15) is 4.98 Å². The molecule has 3 aromatic rings. The Morgan fingerprint density at radius 2 is 2.30 bits per heavy atom. The summed E-state index contributed by atoms with van der Waals surface area (Å²) in [5.41, 5.74) is 1.69. The maximum absolute atomic E-state index is 12.2. The van der Waals surface area contributed by atoms with Crippen LogP contribution in [0.1, 0.15) is 54.0 Å². The Hall–Kier alpha value is -1.67. The molecule has 8 heteroatoms. The van der Waals surface area contributed by atoms with Crippen molar-refractivity contribution < 1.29 is 4.52 Å². The molecule has 0 saturated heterocycles. The monoisotopic (exact) mass is 348 g/mol. The van der Waals surface area contributed by atoms with Crippen LogP contribution in [0.2, 0.25) is 0 Å². The number of rotatable bonds is 5. The summed E-state index contributed by atoms with van der Waals surface area (Å²) in [4.78, 5) is 21.9. The summed E-state index contributed by atoms with van der Waals surface area (Å²) < 4.78 is 6.99. The highest BCUT2D eigenvalue weighted by molar-refractivity contribution is 7.98. The Balaban J connectivity index is 1.48. The molecule has 0 amide bonds. The molecule has 120 valence electrons. The zero-order chi connectivity index (χ0) is 16.0. The summed E-state index contributed by atoms with van der Waals surface area (Å²) in [6.07, 6.45) is 2.32. The summed E-state index contributed by atoms with van der Waals surface area (Å²) >= 11 is 3.14. The van der Waals surface area contributed by atoms with Gasteiger partial charge < -0.3 is 4.52 Å². The number of aromatic nitrogens is 4. The molecule has 3 heterocycles. The normalized spacial score (nSPS) is 16.1. The summed E-state index contributed by atoms with van der Waals surface area (Å²) in [6.45, 7) is 3.95. The quantitative estimate of drug-likeness (QED) is 0.704. The van der Waals surface area contributed by atoms with Gasteiger partial charge in [-0.05, 0) is 26.7 Å². The van der Waals surface area contributed by atoms with Crippen molar-refractivity contribution in [3.05, 3.63) is 44.9 Å². The van der Waals surface area contributed by atoms with Gasteiger partial charge in [0.2, 0.25) is 5.89 Å². The molecule has 0 radical (unpaired) electrons. The zero-order valence-electron chi connectivity index (χ0n) is 12.9.